The molecule has 0 unspecified atom stereocenters. The van der Waals surface area contributed by atoms with E-state index in [-0.39, 0.29) is 17.3 Å². The number of nitrogens with zero attached hydrogens (tertiary/aromatic N) is 3. The summed E-state index contributed by atoms with van der Waals surface area (Å²) < 4.78 is 5.40. The first kappa shape index (κ1) is 16.1. The van der Waals surface area contributed by atoms with Gasteiger partial charge in [-0.05, 0) is 12.8 Å². The number of nitrogens with one attached hydrogen (secondary N) is 2. The van der Waals surface area contributed by atoms with Gasteiger partial charge in [-0.1, -0.05) is 13.8 Å². The maximum absolute atomic E-state index is 11.1. The molecule has 0 aliphatic rings. The van der Waals surface area contributed by atoms with Gasteiger partial charge in [-0.15, -0.1) is 0 Å². The van der Waals surface area contributed by atoms with Gasteiger partial charge in [0.15, 0.2) is 0 Å². The minimum absolute atomic E-state index is 0.141. The van der Waals surface area contributed by atoms with Gasteiger partial charge in [-0.25, -0.2) is 9.97 Å². The van der Waals surface area contributed by atoms with Gasteiger partial charge in [0.25, 0.3) is 0 Å². The first-order chi connectivity index (χ1) is 9.56. The molecule has 1 rings (SSSR count). The highest BCUT2D eigenvalue weighted by molar-refractivity contribution is 5.69. The number of aromatic nitrogens is 2. The van der Waals surface area contributed by atoms with Gasteiger partial charge in [-0.2, -0.15) is 0 Å². The van der Waals surface area contributed by atoms with E-state index in [2.05, 4.69) is 34.4 Å². The van der Waals surface area contributed by atoms with Crippen LogP contribution in [0.1, 0.15) is 20.8 Å². The third kappa shape index (κ3) is 4.96. The molecule has 0 aliphatic carbocycles. The van der Waals surface area contributed by atoms with Gasteiger partial charge in [-0.3, -0.25) is 10.1 Å². The van der Waals surface area contributed by atoms with Crippen molar-refractivity contribution in [3.8, 4) is 0 Å². The van der Waals surface area contributed by atoms with Crippen LogP contribution in [0.15, 0.2) is 6.33 Å². The van der Waals surface area contributed by atoms with E-state index >= 15 is 0 Å². The fourth-order valence-electron chi connectivity index (χ4n) is 1.54. The van der Waals surface area contributed by atoms with Gasteiger partial charge < -0.3 is 15.4 Å². The maximum Gasteiger partial charge on any atom is 0.353 e. The summed E-state index contributed by atoms with van der Waals surface area (Å²) in [5.74, 6) is 0.885. The van der Waals surface area contributed by atoms with E-state index in [1.165, 1.54) is 6.33 Å². The molecule has 2 N–H and O–H groups in total. The lowest BCUT2D eigenvalue weighted by Crippen LogP contribution is -2.15. The Balaban J connectivity index is 2.64. The zero-order valence-electron chi connectivity index (χ0n) is 12.0. The third-order valence-electron chi connectivity index (χ3n) is 2.34. The summed E-state index contributed by atoms with van der Waals surface area (Å²) in [5, 5.41) is 16.9. The Labute approximate surface area is 118 Å². The topological polar surface area (TPSA) is 102 Å². The lowest BCUT2D eigenvalue weighted by atomic mass is 10.2. The fraction of sp³-hybridized carbons (Fsp3) is 0.667. The Bertz CT molecular complexity index is 439. The summed E-state index contributed by atoms with van der Waals surface area (Å²) in [4.78, 5) is 18.4. The van der Waals surface area contributed by atoms with Crippen molar-refractivity contribution in [3.63, 3.8) is 0 Å². The molecule has 0 saturated carbocycles. The molecule has 20 heavy (non-hydrogen) atoms. The molecule has 0 aromatic carbocycles. The fourth-order valence-corrected chi connectivity index (χ4v) is 1.54. The van der Waals surface area contributed by atoms with E-state index in [9.17, 15) is 10.1 Å². The quantitative estimate of drug-likeness (QED) is 0.405. The molecule has 8 nitrogen and oxygen atoms in total. The molecule has 0 aliphatic heterocycles. The monoisotopic (exact) mass is 283 g/mol. The molecular weight excluding hydrogens is 262 g/mol. The average Bonchev–Trinajstić information content (AvgIpc) is 2.38. The molecule has 1 aromatic rings. The van der Waals surface area contributed by atoms with Gasteiger partial charge in [0.05, 0.1) is 11.5 Å². The van der Waals surface area contributed by atoms with Crippen LogP contribution in [0.25, 0.3) is 0 Å². The van der Waals surface area contributed by atoms with E-state index in [4.69, 9.17) is 4.74 Å². The molecule has 0 spiro atoms. The highest BCUT2D eigenvalue weighted by Gasteiger charge is 2.22. The zero-order chi connectivity index (χ0) is 15.0. The molecule has 0 atom stereocenters. The molecule has 1 aromatic heterocycles. The smallest absolute Gasteiger partial charge is 0.353 e. The van der Waals surface area contributed by atoms with Crippen molar-refractivity contribution in [1.29, 1.82) is 0 Å². The number of ether oxygens (including phenoxy) is 1. The second kappa shape index (κ2) is 8.26. The highest BCUT2D eigenvalue weighted by Crippen LogP contribution is 2.28. The van der Waals surface area contributed by atoms with Crippen molar-refractivity contribution in [2.45, 2.75) is 20.8 Å². The number of nitro groups is 1. The SMILES string of the molecule is CCNc1ncnc(NCCOCC(C)C)c1[N+](=O)[O-]. The van der Waals surface area contributed by atoms with E-state index in [1.54, 1.807) is 0 Å². The van der Waals surface area contributed by atoms with Crippen LogP contribution >= 0.6 is 0 Å². The lowest BCUT2D eigenvalue weighted by Gasteiger charge is -2.10. The molecule has 0 fully saturated rings. The van der Waals surface area contributed by atoms with Crippen molar-refractivity contribution in [2.24, 2.45) is 5.92 Å². The Morgan fingerprint density at radius 1 is 1.35 bits per heavy atom. The Morgan fingerprint density at radius 3 is 2.55 bits per heavy atom. The number of anilines is 2. The first-order valence-corrected chi connectivity index (χ1v) is 6.61. The Morgan fingerprint density at radius 2 is 2.00 bits per heavy atom. The van der Waals surface area contributed by atoms with Gasteiger partial charge in [0.1, 0.15) is 6.33 Å². The van der Waals surface area contributed by atoms with Gasteiger partial charge in [0.2, 0.25) is 11.6 Å². The van der Waals surface area contributed by atoms with Crippen molar-refractivity contribution in [1.82, 2.24) is 9.97 Å². The van der Waals surface area contributed by atoms with E-state index in [1.807, 2.05) is 6.92 Å². The molecular formula is C12H21N5O3. The normalized spacial score (nSPS) is 10.6. The Kier molecular flexibility index (Phi) is 6.65. The second-order valence-corrected chi connectivity index (χ2v) is 4.60. The molecule has 112 valence electrons. The molecule has 0 radical (unpaired) electrons. The first-order valence-electron chi connectivity index (χ1n) is 6.61. The highest BCUT2D eigenvalue weighted by atomic mass is 16.6. The van der Waals surface area contributed by atoms with Gasteiger partial charge in [0, 0.05) is 19.7 Å². The second-order valence-electron chi connectivity index (χ2n) is 4.60. The van der Waals surface area contributed by atoms with Crippen molar-refractivity contribution in [2.75, 3.05) is 36.9 Å². The van der Waals surface area contributed by atoms with Crippen molar-refractivity contribution < 1.29 is 9.66 Å². The predicted molar refractivity (Wildman–Crippen MR) is 77.0 cm³/mol. The van der Waals surface area contributed by atoms with Crippen molar-refractivity contribution >= 4 is 17.3 Å². The van der Waals surface area contributed by atoms with Crippen LogP contribution in [-0.2, 0) is 4.74 Å². The molecule has 8 heteroatoms. The molecule has 0 saturated heterocycles. The van der Waals surface area contributed by atoms with Crippen LogP contribution < -0.4 is 10.6 Å². The van der Waals surface area contributed by atoms with Crippen LogP contribution in [0.3, 0.4) is 0 Å². The van der Waals surface area contributed by atoms with Crippen LogP contribution in [0.4, 0.5) is 17.3 Å². The van der Waals surface area contributed by atoms with E-state index in [0.29, 0.717) is 32.2 Å². The van der Waals surface area contributed by atoms with E-state index in [0.717, 1.165) is 0 Å². The summed E-state index contributed by atoms with van der Waals surface area (Å²) in [6.45, 7) is 8.10. The lowest BCUT2D eigenvalue weighted by molar-refractivity contribution is -0.383. The van der Waals surface area contributed by atoms with Crippen LogP contribution in [-0.4, -0.2) is 41.2 Å². The number of rotatable bonds is 9. The van der Waals surface area contributed by atoms with E-state index < -0.39 is 4.92 Å². The van der Waals surface area contributed by atoms with Crippen molar-refractivity contribution in [3.05, 3.63) is 16.4 Å². The summed E-state index contributed by atoms with van der Waals surface area (Å²) in [7, 11) is 0. The minimum atomic E-state index is -0.491. The standard InChI is InChI=1S/C12H21N5O3/c1-4-13-11-10(17(18)19)12(16-8-15-11)14-5-6-20-7-9(2)3/h8-9H,4-7H2,1-3H3,(H2,13,14,15,16). The van der Waals surface area contributed by atoms with Gasteiger partial charge >= 0.3 is 5.69 Å². The Hall–Kier alpha value is -1.96. The molecule has 0 amide bonds. The zero-order valence-corrected chi connectivity index (χ0v) is 12.0. The van der Waals surface area contributed by atoms with Crippen LogP contribution in [0.2, 0.25) is 0 Å². The maximum atomic E-state index is 11.1. The summed E-state index contributed by atoms with van der Waals surface area (Å²) in [6, 6.07) is 0. The third-order valence-corrected chi connectivity index (χ3v) is 2.34. The largest absolute Gasteiger partial charge is 0.379 e. The predicted octanol–water partition coefficient (Wildman–Crippen LogP) is 1.90. The molecule has 1 heterocycles. The number of hydrogen-bond donors (Lipinski definition) is 2. The minimum Gasteiger partial charge on any atom is -0.379 e. The van der Waals surface area contributed by atoms with Crippen LogP contribution in [0, 0.1) is 16.0 Å². The summed E-state index contributed by atoms with van der Waals surface area (Å²) in [5.41, 5.74) is -0.141. The summed E-state index contributed by atoms with van der Waals surface area (Å²) in [6.07, 6.45) is 1.29. The van der Waals surface area contributed by atoms with Crippen LogP contribution in [0.5, 0.6) is 0 Å². The summed E-state index contributed by atoms with van der Waals surface area (Å²) >= 11 is 0. The average molecular weight is 283 g/mol. The number of hydrogen-bond acceptors (Lipinski definition) is 7. The molecule has 0 bridgehead atoms.